The first-order valence-corrected chi connectivity index (χ1v) is 17.9. The van der Waals surface area contributed by atoms with E-state index in [4.69, 9.17) is 24.7 Å². The van der Waals surface area contributed by atoms with Crippen molar-refractivity contribution in [2.75, 3.05) is 13.7 Å². The molecule has 8 atom stereocenters. The molecule has 282 valence electrons. The Bertz CT molecular complexity index is 1360. The molecule has 3 rings (SSSR count). The Hall–Kier alpha value is -3.34. The van der Waals surface area contributed by atoms with E-state index in [0.717, 1.165) is 61.4 Å². The SMILES string of the molecule is CCCCCCCC/C=C/CCCCCCCCNC(=O)C1=C[C@H](O)[C@H](O)[C@@H](OC(C(N)=O)[C@H]2O[C@@H](n3ccc(=O)[nH]c3=O)[C@H](O)[C@@H]2OC)O1. The van der Waals surface area contributed by atoms with Crippen LogP contribution < -0.4 is 22.3 Å². The van der Waals surface area contributed by atoms with E-state index in [-0.39, 0.29) is 5.76 Å². The van der Waals surface area contributed by atoms with Crippen molar-refractivity contribution in [3.8, 4) is 0 Å². The summed E-state index contributed by atoms with van der Waals surface area (Å²) in [7, 11) is 1.22. The summed E-state index contributed by atoms with van der Waals surface area (Å²) in [5.41, 5.74) is 4.03. The molecule has 0 bridgehead atoms. The quantitative estimate of drug-likeness (QED) is 0.0710. The molecule has 1 unspecified atom stereocenters. The number of aliphatic hydroxyl groups excluding tert-OH is 3. The molecule has 2 aliphatic heterocycles. The van der Waals surface area contributed by atoms with Crippen LogP contribution in [0.25, 0.3) is 0 Å². The van der Waals surface area contributed by atoms with Gasteiger partial charge in [-0.2, -0.15) is 0 Å². The predicted molar refractivity (Wildman–Crippen MR) is 184 cm³/mol. The summed E-state index contributed by atoms with van der Waals surface area (Å²) in [6, 6.07) is 1.04. The van der Waals surface area contributed by atoms with Crippen LogP contribution in [0.1, 0.15) is 103 Å². The van der Waals surface area contributed by atoms with Gasteiger partial charge in [0.2, 0.25) is 12.2 Å². The molecule has 1 aromatic heterocycles. The number of aromatic amines is 1. The summed E-state index contributed by atoms with van der Waals surface area (Å²) in [6.45, 7) is 2.60. The Labute approximate surface area is 292 Å². The number of hydrogen-bond acceptors (Lipinski definition) is 11. The Balaban J connectivity index is 1.41. The van der Waals surface area contributed by atoms with Crippen molar-refractivity contribution >= 4 is 11.8 Å². The molecule has 7 N–H and O–H groups in total. The van der Waals surface area contributed by atoms with Crippen LogP contribution in [0.15, 0.2) is 45.8 Å². The number of rotatable bonds is 23. The molecule has 3 heterocycles. The van der Waals surface area contributed by atoms with Gasteiger partial charge in [-0.25, -0.2) is 4.79 Å². The minimum Gasteiger partial charge on any atom is -0.456 e. The van der Waals surface area contributed by atoms with Gasteiger partial charge in [-0.3, -0.25) is 23.9 Å². The van der Waals surface area contributed by atoms with Crippen molar-refractivity contribution < 1.29 is 43.9 Å². The van der Waals surface area contributed by atoms with Crippen molar-refractivity contribution in [1.82, 2.24) is 14.9 Å². The topological polar surface area (TPSA) is 225 Å². The lowest BCUT2D eigenvalue weighted by Crippen LogP contribution is -2.54. The Kier molecular flexibility index (Phi) is 17.9. The number of unbranched alkanes of at least 4 members (excludes halogenated alkanes) is 12. The summed E-state index contributed by atoms with van der Waals surface area (Å²) in [5.74, 6) is -2.08. The second-order valence-electron chi connectivity index (χ2n) is 12.9. The van der Waals surface area contributed by atoms with Crippen LogP contribution in [-0.2, 0) is 28.5 Å². The summed E-state index contributed by atoms with van der Waals surface area (Å²) in [4.78, 5) is 51.3. The van der Waals surface area contributed by atoms with Gasteiger partial charge in [-0.15, -0.1) is 0 Å². The maximum atomic E-state index is 12.8. The number of nitrogens with zero attached hydrogens (tertiary/aromatic N) is 1. The molecule has 0 saturated carbocycles. The normalized spacial score (nSPS) is 25.7. The number of primary amides is 1. The molecule has 0 radical (unpaired) electrons. The number of methoxy groups -OCH3 is 1. The zero-order valence-corrected chi connectivity index (χ0v) is 29.2. The molecule has 2 aliphatic rings. The molecule has 15 nitrogen and oxygen atoms in total. The van der Waals surface area contributed by atoms with Gasteiger partial charge in [0.25, 0.3) is 11.5 Å². The van der Waals surface area contributed by atoms with Crippen LogP contribution in [0.2, 0.25) is 0 Å². The van der Waals surface area contributed by atoms with Gasteiger partial charge in [-0.05, 0) is 38.2 Å². The van der Waals surface area contributed by atoms with E-state index < -0.39 is 72.2 Å². The molecule has 1 saturated heterocycles. The Morgan fingerprint density at radius 3 is 2.20 bits per heavy atom. The van der Waals surface area contributed by atoms with Crippen LogP contribution in [0.4, 0.5) is 0 Å². The van der Waals surface area contributed by atoms with E-state index in [0.29, 0.717) is 6.54 Å². The molecule has 1 aromatic rings. The lowest BCUT2D eigenvalue weighted by Gasteiger charge is -2.35. The van der Waals surface area contributed by atoms with Gasteiger partial charge in [-0.1, -0.05) is 76.9 Å². The Morgan fingerprint density at radius 1 is 0.980 bits per heavy atom. The summed E-state index contributed by atoms with van der Waals surface area (Å²) < 4.78 is 23.2. The van der Waals surface area contributed by atoms with Crippen molar-refractivity contribution in [3.05, 3.63) is 57.1 Å². The van der Waals surface area contributed by atoms with Gasteiger partial charge in [0.1, 0.15) is 30.5 Å². The fourth-order valence-electron chi connectivity index (χ4n) is 6.05. The number of amides is 2. The van der Waals surface area contributed by atoms with Crippen LogP contribution in [0, 0.1) is 0 Å². The second kappa shape index (κ2) is 21.8. The number of nitrogens with two attached hydrogens (primary N) is 1. The highest BCUT2D eigenvalue weighted by molar-refractivity contribution is 5.91. The molecule has 1 fully saturated rings. The highest BCUT2D eigenvalue weighted by Crippen LogP contribution is 2.34. The van der Waals surface area contributed by atoms with Crippen LogP contribution in [-0.4, -0.2) is 93.3 Å². The third kappa shape index (κ3) is 12.5. The number of carbonyl (C=O) groups is 2. The molecular weight excluding hydrogens is 652 g/mol. The van der Waals surface area contributed by atoms with Crippen molar-refractivity contribution in [2.45, 2.75) is 146 Å². The minimum absolute atomic E-state index is 0.325. The van der Waals surface area contributed by atoms with Crippen LogP contribution >= 0.6 is 0 Å². The second-order valence-corrected chi connectivity index (χ2v) is 12.9. The van der Waals surface area contributed by atoms with E-state index in [1.807, 2.05) is 4.98 Å². The molecule has 0 aromatic carbocycles. The number of aliphatic hydroxyl groups is 3. The van der Waals surface area contributed by atoms with Crippen molar-refractivity contribution in [3.63, 3.8) is 0 Å². The van der Waals surface area contributed by atoms with Gasteiger partial charge in [0.05, 0.1) is 0 Å². The Morgan fingerprint density at radius 2 is 1.60 bits per heavy atom. The highest BCUT2D eigenvalue weighted by Gasteiger charge is 2.52. The van der Waals surface area contributed by atoms with E-state index >= 15 is 0 Å². The number of carbonyl (C=O) groups excluding carboxylic acids is 2. The largest absolute Gasteiger partial charge is 0.456 e. The van der Waals surface area contributed by atoms with E-state index in [1.165, 1.54) is 58.5 Å². The lowest BCUT2D eigenvalue weighted by molar-refractivity contribution is -0.241. The van der Waals surface area contributed by atoms with E-state index in [1.54, 1.807) is 0 Å². The molecular formula is C35H56N4O11. The first kappa shape index (κ1) is 41.1. The standard InChI is InChI=1S/C35H56N4O11/c1-3-4-5-6-7-8-9-10-11-12-13-14-15-16-17-18-20-37-32(45)24-22-23(40)26(42)34(48-24)50-30(31(36)44)29-28(47-2)27(43)33(49-29)39-21-19-25(41)38-35(39)46/h10-11,19,21-23,26-30,33-34,40,42-43H,3-9,12-18,20H2,1-2H3,(H2,36,44)(H,37,45)(H,38,41,46)/b11-10+/t23-,26-,27+,28-,29-,30?,33+,34+/m0/s1. The first-order valence-electron chi connectivity index (χ1n) is 17.9. The molecule has 50 heavy (non-hydrogen) atoms. The fourth-order valence-corrected chi connectivity index (χ4v) is 6.05. The highest BCUT2D eigenvalue weighted by atomic mass is 16.7. The number of ether oxygens (including phenoxy) is 4. The molecule has 0 aliphatic carbocycles. The fraction of sp³-hybridized carbons (Fsp3) is 0.714. The van der Waals surface area contributed by atoms with Gasteiger partial charge in [0, 0.05) is 25.9 Å². The average molecular weight is 709 g/mol. The van der Waals surface area contributed by atoms with Gasteiger partial charge < -0.3 is 45.3 Å². The number of hydrogen-bond donors (Lipinski definition) is 6. The number of H-pyrrole nitrogens is 1. The maximum absolute atomic E-state index is 12.8. The van der Waals surface area contributed by atoms with Crippen LogP contribution in [0.3, 0.4) is 0 Å². The number of aromatic nitrogens is 2. The molecule has 0 spiro atoms. The van der Waals surface area contributed by atoms with Crippen molar-refractivity contribution in [1.29, 1.82) is 0 Å². The predicted octanol–water partition coefficient (Wildman–Crippen LogP) is 1.80. The lowest BCUT2D eigenvalue weighted by atomic mass is 10.0. The van der Waals surface area contributed by atoms with Crippen LogP contribution in [0.5, 0.6) is 0 Å². The monoisotopic (exact) mass is 708 g/mol. The summed E-state index contributed by atoms with van der Waals surface area (Å²) >= 11 is 0. The zero-order chi connectivity index (χ0) is 36.5. The minimum atomic E-state index is -1.74. The van der Waals surface area contributed by atoms with E-state index in [9.17, 15) is 34.5 Å². The van der Waals surface area contributed by atoms with Gasteiger partial charge in [0.15, 0.2) is 18.1 Å². The molecule has 2 amide bonds. The zero-order valence-electron chi connectivity index (χ0n) is 29.2. The maximum Gasteiger partial charge on any atom is 0.330 e. The first-order chi connectivity index (χ1) is 24.1. The third-order valence-electron chi connectivity index (χ3n) is 8.90. The third-order valence-corrected chi connectivity index (χ3v) is 8.90. The summed E-state index contributed by atoms with van der Waals surface area (Å²) in [6.07, 6.45) is 10.6. The number of nitrogens with one attached hydrogen (secondary N) is 2. The van der Waals surface area contributed by atoms with E-state index in [2.05, 4.69) is 24.4 Å². The smallest absolute Gasteiger partial charge is 0.330 e. The number of allylic oxidation sites excluding steroid dienone is 2. The average Bonchev–Trinajstić information content (AvgIpc) is 3.41. The van der Waals surface area contributed by atoms with Gasteiger partial charge >= 0.3 is 5.69 Å². The molecule has 15 heteroatoms. The van der Waals surface area contributed by atoms with Crippen molar-refractivity contribution in [2.24, 2.45) is 5.73 Å². The summed E-state index contributed by atoms with van der Waals surface area (Å²) in [5, 5.41) is 34.6.